The van der Waals surface area contributed by atoms with E-state index in [1.165, 1.54) is 17.2 Å². The van der Waals surface area contributed by atoms with Crippen LogP contribution >= 0.6 is 11.6 Å². The second kappa shape index (κ2) is 6.06. The van der Waals surface area contributed by atoms with E-state index in [2.05, 4.69) is 15.7 Å². The van der Waals surface area contributed by atoms with Gasteiger partial charge in [0.15, 0.2) is 5.82 Å². The Bertz CT molecular complexity index is 607. The minimum atomic E-state index is -0.693. The first-order valence-electron chi connectivity index (χ1n) is 6.24. The Kier molecular flexibility index (Phi) is 4.39. The van der Waals surface area contributed by atoms with E-state index in [-0.39, 0.29) is 22.9 Å². The molecule has 1 unspecified atom stereocenters. The number of carbonyl (C=O) groups excluding carboxylic acids is 3. The minimum Gasteiger partial charge on any atom is -0.317 e. The van der Waals surface area contributed by atoms with Crippen LogP contribution in [0.3, 0.4) is 0 Å². The average Bonchev–Trinajstić information content (AvgIpc) is 2.45. The number of nitrogens with zero attached hydrogens (tertiary/aromatic N) is 2. The summed E-state index contributed by atoms with van der Waals surface area (Å²) in [6.07, 6.45) is 1.68. The summed E-state index contributed by atoms with van der Waals surface area (Å²) in [5.41, 5.74) is 2.47. The highest BCUT2D eigenvalue weighted by atomic mass is 35.5. The number of aromatic nitrogens is 1. The SMILES string of the molecule is CCC1C(=O)NC(=O)CN1C(=O)c1cnc(NN)c(Cl)c1. The first kappa shape index (κ1) is 15.2. The average molecular weight is 312 g/mol. The molecule has 4 N–H and O–H groups in total. The number of hydrazine groups is 1. The Morgan fingerprint density at radius 1 is 1.62 bits per heavy atom. The molecule has 112 valence electrons. The van der Waals surface area contributed by atoms with Gasteiger partial charge in [-0.05, 0) is 12.5 Å². The summed E-state index contributed by atoms with van der Waals surface area (Å²) in [5.74, 6) is 3.95. The van der Waals surface area contributed by atoms with Crippen molar-refractivity contribution in [1.82, 2.24) is 15.2 Å². The fourth-order valence-electron chi connectivity index (χ4n) is 2.11. The van der Waals surface area contributed by atoms with E-state index in [1.54, 1.807) is 6.92 Å². The molecule has 0 radical (unpaired) electrons. The van der Waals surface area contributed by atoms with Gasteiger partial charge in [-0.1, -0.05) is 18.5 Å². The summed E-state index contributed by atoms with van der Waals surface area (Å²) < 4.78 is 0. The molecular formula is C12H14ClN5O3. The van der Waals surface area contributed by atoms with Crippen molar-refractivity contribution in [3.05, 3.63) is 22.8 Å². The van der Waals surface area contributed by atoms with Crippen molar-refractivity contribution in [1.29, 1.82) is 0 Å². The summed E-state index contributed by atoms with van der Waals surface area (Å²) in [7, 11) is 0. The molecular weight excluding hydrogens is 298 g/mol. The van der Waals surface area contributed by atoms with Gasteiger partial charge in [-0.3, -0.25) is 19.7 Å². The maximum absolute atomic E-state index is 12.5. The second-order valence-electron chi connectivity index (χ2n) is 4.47. The Morgan fingerprint density at radius 3 is 2.90 bits per heavy atom. The monoisotopic (exact) mass is 311 g/mol. The topological polar surface area (TPSA) is 117 Å². The molecule has 0 aromatic carbocycles. The van der Waals surface area contributed by atoms with Crippen LogP contribution < -0.4 is 16.6 Å². The normalized spacial score (nSPS) is 18.4. The van der Waals surface area contributed by atoms with Crippen LogP contribution in [0.5, 0.6) is 0 Å². The maximum Gasteiger partial charge on any atom is 0.256 e. The zero-order chi connectivity index (χ0) is 15.6. The van der Waals surface area contributed by atoms with Crippen LogP contribution in [0, 0.1) is 0 Å². The number of pyridine rings is 1. The van der Waals surface area contributed by atoms with E-state index >= 15 is 0 Å². The van der Waals surface area contributed by atoms with Crippen molar-refractivity contribution in [2.45, 2.75) is 19.4 Å². The van der Waals surface area contributed by atoms with Gasteiger partial charge in [0.25, 0.3) is 5.91 Å². The van der Waals surface area contributed by atoms with Crippen LogP contribution in [-0.2, 0) is 9.59 Å². The molecule has 0 spiro atoms. The highest BCUT2D eigenvalue weighted by Gasteiger charge is 2.36. The van der Waals surface area contributed by atoms with Crippen LogP contribution in [0.15, 0.2) is 12.3 Å². The minimum absolute atomic E-state index is 0.171. The third-order valence-electron chi connectivity index (χ3n) is 3.13. The van der Waals surface area contributed by atoms with E-state index < -0.39 is 23.8 Å². The zero-order valence-corrected chi connectivity index (χ0v) is 12.0. The smallest absolute Gasteiger partial charge is 0.256 e. The zero-order valence-electron chi connectivity index (χ0n) is 11.2. The van der Waals surface area contributed by atoms with E-state index in [0.717, 1.165) is 0 Å². The highest BCUT2D eigenvalue weighted by Crippen LogP contribution is 2.21. The van der Waals surface area contributed by atoms with Gasteiger partial charge in [-0.2, -0.15) is 0 Å². The number of nitrogens with two attached hydrogens (primary N) is 1. The number of halogens is 1. The van der Waals surface area contributed by atoms with Crippen molar-refractivity contribution in [2.24, 2.45) is 5.84 Å². The summed E-state index contributed by atoms with van der Waals surface area (Å²) >= 11 is 5.92. The van der Waals surface area contributed by atoms with Crippen LogP contribution in [0.4, 0.5) is 5.82 Å². The first-order chi connectivity index (χ1) is 9.97. The molecule has 9 heteroatoms. The fraction of sp³-hybridized carbons (Fsp3) is 0.333. The quantitative estimate of drug-likeness (QED) is 0.407. The predicted octanol–water partition coefficient (Wildman–Crippen LogP) is -0.102. The van der Waals surface area contributed by atoms with Crippen molar-refractivity contribution >= 4 is 35.1 Å². The molecule has 0 bridgehead atoms. The first-order valence-corrected chi connectivity index (χ1v) is 6.62. The Morgan fingerprint density at radius 2 is 2.33 bits per heavy atom. The van der Waals surface area contributed by atoms with Crippen molar-refractivity contribution in [3.8, 4) is 0 Å². The third kappa shape index (κ3) is 2.96. The number of amides is 3. The summed E-state index contributed by atoms with van der Waals surface area (Å²) in [5, 5.41) is 2.38. The standard InChI is InChI=1S/C12H14ClN5O3/c1-2-8-11(20)16-9(19)5-18(8)12(21)6-3-7(13)10(17-14)15-4-6/h3-4,8H,2,5,14H2,1H3,(H,15,17)(H,16,19,20). The second-order valence-corrected chi connectivity index (χ2v) is 4.88. The molecule has 2 rings (SSSR count). The van der Waals surface area contributed by atoms with E-state index in [0.29, 0.717) is 6.42 Å². The van der Waals surface area contributed by atoms with Gasteiger partial charge in [0.2, 0.25) is 11.8 Å². The molecule has 21 heavy (non-hydrogen) atoms. The number of rotatable bonds is 3. The third-order valence-corrected chi connectivity index (χ3v) is 3.42. The van der Waals surface area contributed by atoms with Gasteiger partial charge < -0.3 is 10.3 Å². The molecule has 0 aliphatic carbocycles. The lowest BCUT2D eigenvalue weighted by Gasteiger charge is -2.33. The number of nitrogens with one attached hydrogen (secondary N) is 2. The Balaban J connectivity index is 2.31. The van der Waals surface area contributed by atoms with Crippen molar-refractivity contribution in [3.63, 3.8) is 0 Å². The van der Waals surface area contributed by atoms with Gasteiger partial charge in [0.05, 0.1) is 10.6 Å². The lowest BCUT2D eigenvalue weighted by Crippen LogP contribution is -2.59. The molecule has 2 heterocycles. The summed E-state index contributed by atoms with van der Waals surface area (Å²) in [6.45, 7) is 1.57. The molecule has 0 saturated carbocycles. The van der Waals surface area contributed by atoms with Gasteiger partial charge in [0.1, 0.15) is 12.6 Å². The number of imide groups is 1. The van der Waals surface area contributed by atoms with Gasteiger partial charge in [0, 0.05) is 6.20 Å². The highest BCUT2D eigenvalue weighted by molar-refractivity contribution is 6.33. The molecule has 1 atom stereocenters. The van der Waals surface area contributed by atoms with E-state index in [4.69, 9.17) is 17.4 Å². The number of hydrogen-bond acceptors (Lipinski definition) is 6. The lowest BCUT2D eigenvalue weighted by molar-refractivity contribution is -0.138. The summed E-state index contributed by atoms with van der Waals surface area (Å²) in [6, 6.07) is 0.691. The Labute approximate surface area is 125 Å². The molecule has 1 aliphatic heterocycles. The predicted molar refractivity (Wildman–Crippen MR) is 75.3 cm³/mol. The number of anilines is 1. The molecule has 1 saturated heterocycles. The molecule has 1 aliphatic rings. The van der Waals surface area contributed by atoms with E-state index in [9.17, 15) is 14.4 Å². The number of nitrogen functional groups attached to an aromatic ring is 1. The summed E-state index contributed by atoms with van der Waals surface area (Å²) in [4.78, 5) is 40.8. The van der Waals surface area contributed by atoms with Crippen LogP contribution in [-0.4, -0.2) is 40.2 Å². The molecule has 1 aromatic rings. The van der Waals surface area contributed by atoms with Crippen molar-refractivity contribution < 1.29 is 14.4 Å². The molecule has 8 nitrogen and oxygen atoms in total. The fourth-order valence-corrected chi connectivity index (χ4v) is 2.33. The maximum atomic E-state index is 12.5. The van der Waals surface area contributed by atoms with Crippen LogP contribution in [0.2, 0.25) is 5.02 Å². The molecule has 1 aromatic heterocycles. The lowest BCUT2D eigenvalue weighted by atomic mass is 10.1. The van der Waals surface area contributed by atoms with Gasteiger partial charge >= 0.3 is 0 Å². The van der Waals surface area contributed by atoms with Crippen molar-refractivity contribution in [2.75, 3.05) is 12.0 Å². The molecule has 3 amide bonds. The number of carbonyl (C=O) groups is 3. The van der Waals surface area contributed by atoms with E-state index in [1.807, 2.05) is 0 Å². The Hall–Kier alpha value is -2.19. The van der Waals surface area contributed by atoms with Gasteiger partial charge in [-0.25, -0.2) is 10.8 Å². The number of hydrogen-bond donors (Lipinski definition) is 3. The number of piperazine rings is 1. The van der Waals surface area contributed by atoms with Gasteiger partial charge in [-0.15, -0.1) is 0 Å². The van der Waals surface area contributed by atoms with Crippen LogP contribution in [0.1, 0.15) is 23.7 Å². The van der Waals surface area contributed by atoms with Crippen LogP contribution in [0.25, 0.3) is 0 Å². The largest absolute Gasteiger partial charge is 0.317 e. The molecule has 1 fully saturated rings.